The van der Waals surface area contributed by atoms with Crippen LogP contribution in [0.1, 0.15) is 5.56 Å². The standard InChI is InChI=1S/C12H10FNO3/c1-7-14-11(12(15)17-7)5-8-3-4-9(16-2)6-10(8)13/h3-6,14H,1H2,2H3. The van der Waals surface area contributed by atoms with E-state index in [-0.39, 0.29) is 16.5 Å². The predicted molar refractivity (Wildman–Crippen MR) is 60.6 cm³/mol. The van der Waals surface area contributed by atoms with Crippen LogP contribution >= 0.6 is 0 Å². The van der Waals surface area contributed by atoms with E-state index < -0.39 is 11.4 Å². The molecule has 0 saturated carbocycles. The number of H-pyrrole nitrogens is 1. The third kappa shape index (κ3) is 2.28. The van der Waals surface area contributed by atoms with E-state index in [0.717, 1.165) is 0 Å². The maximum Gasteiger partial charge on any atom is 0.361 e. The number of aromatic amines is 1. The van der Waals surface area contributed by atoms with Crippen LogP contribution in [0.3, 0.4) is 0 Å². The van der Waals surface area contributed by atoms with Crippen molar-refractivity contribution in [3.8, 4) is 5.75 Å². The fourth-order valence-electron chi connectivity index (χ4n) is 1.40. The van der Waals surface area contributed by atoms with E-state index in [4.69, 9.17) is 4.74 Å². The Labute approximate surface area is 95.7 Å². The molecule has 0 amide bonds. The Kier molecular flexibility index (Phi) is 2.82. The molecule has 0 aliphatic rings. The third-order valence-corrected chi connectivity index (χ3v) is 2.22. The number of rotatable bonds is 2. The van der Waals surface area contributed by atoms with Crippen molar-refractivity contribution in [2.24, 2.45) is 0 Å². The fourth-order valence-corrected chi connectivity index (χ4v) is 1.40. The maximum atomic E-state index is 13.6. The topological polar surface area (TPSA) is 55.2 Å². The molecular formula is C12H10FNO3. The van der Waals surface area contributed by atoms with Crippen LogP contribution in [0.5, 0.6) is 5.75 Å². The van der Waals surface area contributed by atoms with E-state index in [0.29, 0.717) is 5.75 Å². The lowest BCUT2D eigenvalue weighted by molar-refractivity contribution is 0.411. The van der Waals surface area contributed by atoms with E-state index in [2.05, 4.69) is 16.0 Å². The first-order valence-electron chi connectivity index (χ1n) is 4.83. The van der Waals surface area contributed by atoms with Gasteiger partial charge in [-0.15, -0.1) is 0 Å². The number of hydrogen-bond donors (Lipinski definition) is 1. The molecule has 0 bridgehead atoms. The van der Waals surface area contributed by atoms with Gasteiger partial charge in [0.15, 0.2) is 5.55 Å². The minimum atomic E-state index is -0.579. The number of methoxy groups -OCH3 is 1. The van der Waals surface area contributed by atoms with E-state index in [9.17, 15) is 9.18 Å². The Balaban J connectivity index is 2.56. The summed E-state index contributed by atoms with van der Waals surface area (Å²) < 4.78 is 23.1. The van der Waals surface area contributed by atoms with Gasteiger partial charge in [0.25, 0.3) is 0 Å². The molecule has 0 atom stereocenters. The first-order valence-corrected chi connectivity index (χ1v) is 4.83. The highest BCUT2D eigenvalue weighted by Gasteiger charge is 2.02. The Morgan fingerprint density at radius 3 is 2.82 bits per heavy atom. The summed E-state index contributed by atoms with van der Waals surface area (Å²) in [6, 6.07) is 4.35. The molecule has 0 unspecified atom stereocenters. The molecule has 5 heteroatoms. The number of benzene rings is 1. The summed E-state index contributed by atoms with van der Waals surface area (Å²) in [5.74, 6) is -0.0695. The van der Waals surface area contributed by atoms with Gasteiger partial charge in [-0.05, 0) is 24.8 Å². The molecule has 2 aromatic rings. The van der Waals surface area contributed by atoms with Crippen molar-refractivity contribution in [2.75, 3.05) is 7.11 Å². The molecule has 1 aromatic heterocycles. The van der Waals surface area contributed by atoms with Crippen molar-refractivity contribution in [1.82, 2.24) is 4.98 Å². The maximum absolute atomic E-state index is 13.6. The summed E-state index contributed by atoms with van der Waals surface area (Å²) in [5, 5.41) is 0.152. The number of halogens is 1. The summed E-state index contributed by atoms with van der Waals surface area (Å²) in [6.07, 6.45) is 1.36. The summed E-state index contributed by atoms with van der Waals surface area (Å²) in [6.45, 7) is 3.44. The van der Waals surface area contributed by atoms with Gasteiger partial charge in [-0.3, -0.25) is 0 Å². The summed E-state index contributed by atoms with van der Waals surface area (Å²) in [7, 11) is 1.45. The van der Waals surface area contributed by atoms with Crippen LogP contribution in [0.2, 0.25) is 0 Å². The average molecular weight is 235 g/mol. The van der Waals surface area contributed by atoms with Gasteiger partial charge in [0.2, 0.25) is 0 Å². The highest BCUT2D eigenvalue weighted by Crippen LogP contribution is 2.16. The second kappa shape index (κ2) is 4.29. The largest absolute Gasteiger partial charge is 0.497 e. The molecular weight excluding hydrogens is 225 g/mol. The molecule has 0 spiro atoms. The van der Waals surface area contributed by atoms with Gasteiger partial charge in [0.05, 0.1) is 7.11 Å². The van der Waals surface area contributed by atoms with Crippen LogP contribution in [0.25, 0.3) is 12.7 Å². The van der Waals surface area contributed by atoms with Crippen LogP contribution < -0.4 is 21.3 Å². The minimum Gasteiger partial charge on any atom is -0.497 e. The van der Waals surface area contributed by atoms with Gasteiger partial charge in [-0.1, -0.05) is 0 Å². The molecule has 0 saturated heterocycles. The number of aromatic nitrogens is 1. The summed E-state index contributed by atoms with van der Waals surface area (Å²) in [5.41, 5.74) is -0.180. The molecule has 4 nitrogen and oxygen atoms in total. The third-order valence-electron chi connectivity index (χ3n) is 2.22. The molecule has 88 valence electrons. The molecule has 0 fully saturated rings. The van der Waals surface area contributed by atoms with E-state index in [1.807, 2.05) is 0 Å². The Hall–Kier alpha value is -2.30. The number of hydrogen-bond acceptors (Lipinski definition) is 3. The average Bonchev–Trinajstić information content (AvgIpc) is 2.60. The monoisotopic (exact) mass is 235 g/mol. The number of nitrogens with one attached hydrogen (secondary N) is 1. The Morgan fingerprint density at radius 1 is 1.53 bits per heavy atom. The van der Waals surface area contributed by atoms with Crippen molar-refractivity contribution < 1.29 is 13.5 Å². The van der Waals surface area contributed by atoms with Gasteiger partial charge in [0.1, 0.15) is 16.9 Å². The van der Waals surface area contributed by atoms with Crippen molar-refractivity contribution >= 4 is 12.7 Å². The van der Waals surface area contributed by atoms with Gasteiger partial charge in [-0.25, -0.2) is 9.18 Å². The predicted octanol–water partition coefficient (Wildman–Crippen LogP) is 0.355. The summed E-state index contributed by atoms with van der Waals surface area (Å²) >= 11 is 0. The Morgan fingerprint density at radius 2 is 2.29 bits per heavy atom. The lowest BCUT2D eigenvalue weighted by atomic mass is 10.2. The van der Waals surface area contributed by atoms with Gasteiger partial charge < -0.3 is 14.1 Å². The number of oxazole rings is 1. The van der Waals surface area contributed by atoms with E-state index in [1.165, 1.54) is 25.3 Å². The van der Waals surface area contributed by atoms with Crippen LogP contribution in [0.4, 0.5) is 4.39 Å². The smallest absolute Gasteiger partial charge is 0.361 e. The van der Waals surface area contributed by atoms with Crippen LogP contribution in [0, 0.1) is 5.82 Å². The van der Waals surface area contributed by atoms with E-state index >= 15 is 0 Å². The molecule has 2 rings (SSSR count). The zero-order chi connectivity index (χ0) is 12.4. The first-order chi connectivity index (χ1) is 8.10. The lowest BCUT2D eigenvalue weighted by Gasteiger charge is -2.00. The number of ether oxygens (including phenoxy) is 1. The lowest BCUT2D eigenvalue weighted by Crippen LogP contribution is -2.21. The highest BCUT2D eigenvalue weighted by atomic mass is 19.1. The quantitative estimate of drug-likeness (QED) is 0.817. The van der Waals surface area contributed by atoms with Crippen molar-refractivity contribution in [1.29, 1.82) is 0 Å². The van der Waals surface area contributed by atoms with Gasteiger partial charge >= 0.3 is 5.63 Å². The van der Waals surface area contributed by atoms with Crippen molar-refractivity contribution in [3.63, 3.8) is 0 Å². The molecule has 1 aromatic carbocycles. The van der Waals surface area contributed by atoms with Crippen molar-refractivity contribution in [3.05, 3.63) is 50.9 Å². The minimum absolute atomic E-state index is 0.134. The van der Waals surface area contributed by atoms with E-state index in [1.54, 1.807) is 6.07 Å². The zero-order valence-corrected chi connectivity index (χ0v) is 9.12. The molecule has 0 radical (unpaired) electrons. The zero-order valence-electron chi connectivity index (χ0n) is 9.12. The second-order valence-electron chi connectivity index (χ2n) is 3.38. The molecule has 1 N–H and O–H groups in total. The SMILES string of the molecule is C=c1[nH]c(=Cc2ccc(OC)cc2F)c(=O)o1. The first kappa shape index (κ1) is 11.2. The van der Waals surface area contributed by atoms with Crippen molar-refractivity contribution in [2.45, 2.75) is 0 Å². The molecule has 0 aliphatic carbocycles. The molecule has 17 heavy (non-hydrogen) atoms. The van der Waals surface area contributed by atoms with Crippen LogP contribution in [-0.4, -0.2) is 12.1 Å². The fraction of sp³-hybridized carbons (Fsp3) is 0.0833. The van der Waals surface area contributed by atoms with Gasteiger partial charge in [0, 0.05) is 11.6 Å². The van der Waals surface area contributed by atoms with Crippen LogP contribution in [-0.2, 0) is 0 Å². The normalized spacial score (nSPS) is 11.8. The molecule has 1 heterocycles. The second-order valence-corrected chi connectivity index (χ2v) is 3.38. The summed E-state index contributed by atoms with van der Waals surface area (Å²) in [4.78, 5) is 13.9. The Bertz CT molecular complexity index is 699. The highest BCUT2D eigenvalue weighted by molar-refractivity contribution is 5.50. The molecule has 0 aliphatic heterocycles. The van der Waals surface area contributed by atoms with Gasteiger partial charge in [-0.2, -0.15) is 0 Å². The van der Waals surface area contributed by atoms with Crippen LogP contribution in [0.15, 0.2) is 27.4 Å².